The third-order valence-corrected chi connectivity index (χ3v) is 5.42. The van der Waals surface area contributed by atoms with E-state index in [0.29, 0.717) is 0 Å². The number of carboxylic acid groups (broad SMARTS) is 1. The summed E-state index contributed by atoms with van der Waals surface area (Å²) < 4.78 is -0.617. The molecule has 0 aromatic carbocycles. The number of carboxylic acids is 1. The Balaban J connectivity index is 4.02. The first-order chi connectivity index (χ1) is 6.63. The van der Waals surface area contributed by atoms with Crippen molar-refractivity contribution in [2.45, 2.75) is 43.1 Å². The second-order valence-electron chi connectivity index (χ2n) is 3.28. The molecular formula is C10H20O2S2. The molecule has 0 saturated carbocycles. The lowest BCUT2D eigenvalue weighted by atomic mass is 10.1. The number of carbonyl (C=O) groups is 1. The summed E-state index contributed by atoms with van der Waals surface area (Å²) in [6, 6.07) is 0. The van der Waals surface area contributed by atoms with Gasteiger partial charge < -0.3 is 5.11 Å². The van der Waals surface area contributed by atoms with Crippen molar-refractivity contribution in [1.82, 2.24) is 0 Å². The highest BCUT2D eigenvalue weighted by Gasteiger charge is 2.36. The van der Waals surface area contributed by atoms with Crippen LogP contribution in [0.15, 0.2) is 0 Å². The molecule has 0 aliphatic heterocycles. The van der Waals surface area contributed by atoms with Crippen LogP contribution in [0.3, 0.4) is 0 Å². The molecule has 84 valence electrons. The van der Waals surface area contributed by atoms with Gasteiger partial charge in [0, 0.05) is 0 Å². The van der Waals surface area contributed by atoms with Crippen molar-refractivity contribution in [3.63, 3.8) is 0 Å². The predicted octanol–water partition coefficient (Wildman–Crippen LogP) is 3.46. The lowest BCUT2D eigenvalue weighted by molar-refractivity contribution is -0.137. The number of hydrogen-bond acceptors (Lipinski definition) is 3. The van der Waals surface area contributed by atoms with Gasteiger partial charge >= 0.3 is 5.97 Å². The van der Waals surface area contributed by atoms with Gasteiger partial charge in [-0.3, -0.25) is 0 Å². The van der Waals surface area contributed by atoms with E-state index in [4.69, 9.17) is 5.11 Å². The highest BCUT2D eigenvalue weighted by atomic mass is 32.2. The average Bonchev–Trinajstić information content (AvgIpc) is 2.18. The van der Waals surface area contributed by atoms with E-state index in [1.807, 2.05) is 12.5 Å². The molecule has 0 atom stereocenters. The largest absolute Gasteiger partial charge is 0.480 e. The van der Waals surface area contributed by atoms with Gasteiger partial charge in [0.15, 0.2) is 4.08 Å². The summed E-state index contributed by atoms with van der Waals surface area (Å²) in [5, 5.41) is 9.14. The van der Waals surface area contributed by atoms with Gasteiger partial charge in [-0.1, -0.05) is 32.6 Å². The van der Waals surface area contributed by atoms with E-state index in [1.165, 1.54) is 36.4 Å². The Bertz CT molecular complexity index is 168. The highest BCUT2D eigenvalue weighted by Crippen LogP contribution is 2.39. The van der Waals surface area contributed by atoms with Crippen LogP contribution in [0.2, 0.25) is 0 Å². The highest BCUT2D eigenvalue weighted by molar-refractivity contribution is 8.18. The molecule has 0 saturated heterocycles. The predicted molar refractivity (Wildman–Crippen MR) is 66.2 cm³/mol. The first-order valence-electron chi connectivity index (χ1n) is 4.96. The third-order valence-electron chi connectivity index (χ3n) is 2.34. The van der Waals surface area contributed by atoms with Crippen LogP contribution in [0.25, 0.3) is 0 Å². The molecule has 2 nitrogen and oxygen atoms in total. The Labute approximate surface area is 95.2 Å². The molecule has 0 bridgehead atoms. The Morgan fingerprint density at radius 3 is 2.14 bits per heavy atom. The summed E-state index contributed by atoms with van der Waals surface area (Å²) in [6.45, 7) is 2.16. The van der Waals surface area contributed by atoms with Crippen molar-refractivity contribution in [1.29, 1.82) is 0 Å². The van der Waals surface area contributed by atoms with Crippen LogP contribution in [-0.4, -0.2) is 27.7 Å². The van der Waals surface area contributed by atoms with E-state index in [9.17, 15) is 4.79 Å². The van der Waals surface area contributed by atoms with Gasteiger partial charge in [-0.05, 0) is 18.9 Å². The third kappa shape index (κ3) is 4.13. The zero-order chi connectivity index (χ0) is 11.0. The molecule has 14 heavy (non-hydrogen) atoms. The molecule has 0 spiro atoms. The Morgan fingerprint density at radius 1 is 1.21 bits per heavy atom. The molecule has 4 heteroatoms. The van der Waals surface area contributed by atoms with Crippen molar-refractivity contribution in [2.24, 2.45) is 0 Å². The first kappa shape index (κ1) is 14.2. The molecule has 0 fully saturated rings. The molecule has 0 heterocycles. The summed E-state index contributed by atoms with van der Waals surface area (Å²) in [6.07, 6.45) is 9.09. The molecule has 0 aromatic heterocycles. The zero-order valence-corrected chi connectivity index (χ0v) is 10.8. The zero-order valence-electron chi connectivity index (χ0n) is 9.21. The minimum absolute atomic E-state index is 0.617. The maximum atomic E-state index is 11.1. The van der Waals surface area contributed by atoms with Gasteiger partial charge in [0.2, 0.25) is 0 Å². The van der Waals surface area contributed by atoms with Crippen molar-refractivity contribution < 1.29 is 9.90 Å². The van der Waals surface area contributed by atoms with Crippen LogP contribution in [0, 0.1) is 0 Å². The van der Waals surface area contributed by atoms with E-state index in [0.717, 1.165) is 19.3 Å². The van der Waals surface area contributed by atoms with Gasteiger partial charge in [0.05, 0.1) is 0 Å². The van der Waals surface area contributed by atoms with E-state index < -0.39 is 10.0 Å². The second kappa shape index (κ2) is 7.46. The van der Waals surface area contributed by atoms with Crippen molar-refractivity contribution >= 4 is 29.5 Å². The first-order valence-corrected chi connectivity index (χ1v) is 7.41. The minimum Gasteiger partial charge on any atom is -0.480 e. The fourth-order valence-electron chi connectivity index (χ4n) is 1.35. The summed E-state index contributed by atoms with van der Waals surface area (Å²) >= 11 is 2.89. The van der Waals surface area contributed by atoms with Crippen LogP contribution in [0.1, 0.15) is 39.0 Å². The van der Waals surface area contributed by atoms with Gasteiger partial charge in [0.25, 0.3) is 0 Å². The molecule has 1 N–H and O–H groups in total. The molecule has 0 aromatic rings. The van der Waals surface area contributed by atoms with Gasteiger partial charge in [-0.2, -0.15) is 0 Å². The summed E-state index contributed by atoms with van der Waals surface area (Å²) in [7, 11) is 0. The maximum absolute atomic E-state index is 11.1. The summed E-state index contributed by atoms with van der Waals surface area (Å²) in [5.74, 6) is -0.686. The lowest BCUT2D eigenvalue weighted by Gasteiger charge is -2.24. The molecular weight excluding hydrogens is 216 g/mol. The summed E-state index contributed by atoms with van der Waals surface area (Å²) in [4.78, 5) is 11.1. The topological polar surface area (TPSA) is 37.3 Å². The van der Waals surface area contributed by atoms with Crippen molar-refractivity contribution in [3.05, 3.63) is 0 Å². The number of hydrogen-bond donors (Lipinski definition) is 1. The average molecular weight is 236 g/mol. The van der Waals surface area contributed by atoms with E-state index in [2.05, 4.69) is 6.92 Å². The van der Waals surface area contributed by atoms with Gasteiger partial charge in [0.1, 0.15) is 0 Å². The molecule has 0 amide bonds. The van der Waals surface area contributed by atoms with Gasteiger partial charge in [-0.25, -0.2) is 4.79 Å². The SMILES string of the molecule is CCCCCCC(SC)(SC)C(=O)O. The van der Waals surface area contributed by atoms with Crippen LogP contribution in [0.5, 0.6) is 0 Å². The molecule has 0 aliphatic carbocycles. The van der Waals surface area contributed by atoms with Crippen LogP contribution >= 0.6 is 23.5 Å². The van der Waals surface area contributed by atoms with Crippen LogP contribution < -0.4 is 0 Å². The number of aliphatic carboxylic acids is 1. The Morgan fingerprint density at radius 2 is 1.79 bits per heavy atom. The minimum atomic E-state index is -0.686. The Kier molecular flexibility index (Phi) is 7.55. The Hall–Kier alpha value is 0.170. The maximum Gasteiger partial charge on any atom is 0.330 e. The molecule has 0 radical (unpaired) electrons. The number of unbranched alkanes of at least 4 members (excludes halogenated alkanes) is 3. The molecule has 0 unspecified atom stereocenters. The lowest BCUT2D eigenvalue weighted by Crippen LogP contribution is -2.30. The molecule has 0 rings (SSSR count). The van der Waals surface area contributed by atoms with Crippen LogP contribution in [-0.2, 0) is 4.79 Å². The summed E-state index contributed by atoms with van der Waals surface area (Å²) in [5.41, 5.74) is 0. The van der Waals surface area contributed by atoms with Gasteiger partial charge in [-0.15, -0.1) is 23.5 Å². The van der Waals surface area contributed by atoms with Crippen molar-refractivity contribution in [2.75, 3.05) is 12.5 Å². The number of rotatable bonds is 8. The standard InChI is InChI=1S/C10H20O2S2/c1-4-5-6-7-8-10(13-2,14-3)9(11)12/h4-8H2,1-3H3,(H,11,12). The fourth-order valence-corrected chi connectivity index (χ4v) is 3.07. The second-order valence-corrected chi connectivity index (χ2v) is 5.75. The number of thioether (sulfide) groups is 2. The normalized spacial score (nSPS) is 11.6. The van der Waals surface area contributed by atoms with E-state index in [-0.39, 0.29) is 0 Å². The fraction of sp³-hybridized carbons (Fsp3) is 0.900. The van der Waals surface area contributed by atoms with Crippen molar-refractivity contribution in [3.8, 4) is 0 Å². The van der Waals surface area contributed by atoms with Crippen LogP contribution in [0.4, 0.5) is 0 Å². The molecule has 0 aliphatic rings. The van der Waals surface area contributed by atoms with E-state index in [1.54, 1.807) is 0 Å². The smallest absolute Gasteiger partial charge is 0.330 e. The monoisotopic (exact) mass is 236 g/mol. The quantitative estimate of drug-likeness (QED) is 0.517. The van der Waals surface area contributed by atoms with E-state index >= 15 is 0 Å².